The summed E-state index contributed by atoms with van der Waals surface area (Å²) in [6.07, 6.45) is 0.547. The molecule has 0 amide bonds. The Labute approximate surface area is 109 Å². The standard InChI is InChI=1S/C13H14N2O2S/c1-8-4-2-3-5-9(8)12-15-11(13(16)17)10(18-12)6-7-14/h2-5H,6-7,14H2,1H3,(H,16,17). The average Bonchev–Trinajstić information content (AvgIpc) is 2.74. The lowest BCUT2D eigenvalue weighted by atomic mass is 10.1. The molecule has 1 heterocycles. The number of benzene rings is 1. The molecule has 0 saturated heterocycles. The summed E-state index contributed by atoms with van der Waals surface area (Å²) in [6, 6.07) is 7.81. The van der Waals surface area contributed by atoms with E-state index < -0.39 is 5.97 Å². The number of carboxylic acids is 1. The van der Waals surface area contributed by atoms with Crippen LogP contribution < -0.4 is 5.73 Å². The minimum Gasteiger partial charge on any atom is -0.476 e. The first kappa shape index (κ1) is 12.7. The molecule has 18 heavy (non-hydrogen) atoms. The molecule has 0 unspecified atom stereocenters. The molecule has 1 aromatic carbocycles. The van der Waals surface area contributed by atoms with Crippen LogP contribution >= 0.6 is 11.3 Å². The van der Waals surface area contributed by atoms with E-state index in [-0.39, 0.29) is 5.69 Å². The van der Waals surface area contributed by atoms with Gasteiger partial charge in [-0.2, -0.15) is 0 Å². The van der Waals surface area contributed by atoms with E-state index in [9.17, 15) is 4.79 Å². The Bertz CT molecular complexity index is 578. The van der Waals surface area contributed by atoms with Crippen LogP contribution in [0.25, 0.3) is 10.6 Å². The fourth-order valence-electron chi connectivity index (χ4n) is 1.75. The van der Waals surface area contributed by atoms with Gasteiger partial charge in [0.15, 0.2) is 5.69 Å². The molecular formula is C13H14N2O2S. The highest BCUT2D eigenvalue weighted by Crippen LogP contribution is 2.30. The summed E-state index contributed by atoms with van der Waals surface area (Å²) in [6.45, 7) is 2.41. The molecule has 1 aromatic heterocycles. The van der Waals surface area contributed by atoms with Gasteiger partial charge < -0.3 is 10.8 Å². The number of nitrogens with zero attached hydrogens (tertiary/aromatic N) is 1. The predicted octanol–water partition coefficient (Wildman–Crippen LogP) is 2.32. The van der Waals surface area contributed by atoms with Gasteiger partial charge in [0.1, 0.15) is 5.01 Å². The molecule has 0 fully saturated rings. The maximum atomic E-state index is 11.1. The number of aryl methyl sites for hydroxylation is 1. The van der Waals surface area contributed by atoms with E-state index in [4.69, 9.17) is 10.8 Å². The molecule has 0 aliphatic rings. The number of hydrogen-bond donors (Lipinski definition) is 2. The van der Waals surface area contributed by atoms with E-state index in [1.54, 1.807) is 0 Å². The zero-order valence-corrected chi connectivity index (χ0v) is 10.8. The highest BCUT2D eigenvalue weighted by Gasteiger charge is 2.18. The molecule has 3 N–H and O–H groups in total. The minimum atomic E-state index is -0.991. The van der Waals surface area contributed by atoms with Gasteiger partial charge in [0.25, 0.3) is 0 Å². The molecule has 2 rings (SSSR count). The van der Waals surface area contributed by atoms with Gasteiger partial charge in [0.05, 0.1) is 0 Å². The Hall–Kier alpha value is -1.72. The fourth-order valence-corrected chi connectivity index (χ4v) is 2.91. The third-order valence-electron chi connectivity index (χ3n) is 2.65. The van der Waals surface area contributed by atoms with E-state index >= 15 is 0 Å². The monoisotopic (exact) mass is 262 g/mol. The number of hydrogen-bond acceptors (Lipinski definition) is 4. The van der Waals surface area contributed by atoms with Gasteiger partial charge in [-0.05, 0) is 25.5 Å². The Morgan fingerprint density at radius 2 is 2.17 bits per heavy atom. The summed E-state index contributed by atoms with van der Waals surface area (Å²) in [4.78, 5) is 16.1. The molecular weight excluding hydrogens is 248 g/mol. The van der Waals surface area contributed by atoms with Crippen molar-refractivity contribution < 1.29 is 9.90 Å². The van der Waals surface area contributed by atoms with Crippen molar-refractivity contribution in [3.8, 4) is 10.6 Å². The Morgan fingerprint density at radius 3 is 2.78 bits per heavy atom. The first-order chi connectivity index (χ1) is 8.63. The van der Waals surface area contributed by atoms with Crippen LogP contribution in [0.15, 0.2) is 24.3 Å². The molecule has 0 atom stereocenters. The molecule has 0 aliphatic carbocycles. The van der Waals surface area contributed by atoms with Crippen molar-refractivity contribution in [1.82, 2.24) is 4.98 Å². The molecule has 4 nitrogen and oxygen atoms in total. The summed E-state index contributed by atoms with van der Waals surface area (Å²) in [5.74, 6) is -0.991. The van der Waals surface area contributed by atoms with Crippen molar-refractivity contribution in [3.05, 3.63) is 40.4 Å². The smallest absolute Gasteiger partial charge is 0.355 e. The van der Waals surface area contributed by atoms with Crippen LogP contribution in [-0.2, 0) is 6.42 Å². The first-order valence-electron chi connectivity index (χ1n) is 5.62. The second kappa shape index (κ2) is 5.29. The van der Waals surface area contributed by atoms with Crippen molar-refractivity contribution in [1.29, 1.82) is 0 Å². The highest BCUT2D eigenvalue weighted by molar-refractivity contribution is 7.15. The molecule has 0 saturated carbocycles. The zero-order valence-electron chi connectivity index (χ0n) is 10.0. The van der Waals surface area contributed by atoms with Crippen molar-refractivity contribution in [2.45, 2.75) is 13.3 Å². The van der Waals surface area contributed by atoms with Gasteiger partial charge in [-0.3, -0.25) is 0 Å². The van der Waals surface area contributed by atoms with Crippen LogP contribution in [0.1, 0.15) is 20.9 Å². The first-order valence-corrected chi connectivity index (χ1v) is 6.44. The molecule has 0 bridgehead atoms. The number of nitrogens with two attached hydrogens (primary N) is 1. The third-order valence-corrected chi connectivity index (χ3v) is 3.80. The van der Waals surface area contributed by atoms with Crippen molar-refractivity contribution in [3.63, 3.8) is 0 Å². The summed E-state index contributed by atoms with van der Waals surface area (Å²) in [5.41, 5.74) is 7.69. The van der Waals surface area contributed by atoms with E-state index in [1.165, 1.54) is 11.3 Å². The number of aromatic nitrogens is 1. The largest absolute Gasteiger partial charge is 0.476 e. The van der Waals surface area contributed by atoms with Crippen LogP contribution in [0.3, 0.4) is 0 Å². The topological polar surface area (TPSA) is 76.2 Å². The summed E-state index contributed by atoms with van der Waals surface area (Å²) < 4.78 is 0. The quantitative estimate of drug-likeness (QED) is 0.886. The van der Waals surface area contributed by atoms with Gasteiger partial charge in [-0.25, -0.2) is 9.78 Å². The molecule has 0 radical (unpaired) electrons. The number of rotatable bonds is 4. The van der Waals surface area contributed by atoms with Crippen LogP contribution in [0.2, 0.25) is 0 Å². The van der Waals surface area contributed by atoms with Crippen LogP contribution in [0.4, 0.5) is 0 Å². The maximum absolute atomic E-state index is 11.1. The van der Waals surface area contributed by atoms with Crippen LogP contribution in [0, 0.1) is 6.92 Å². The van der Waals surface area contributed by atoms with Crippen LogP contribution in [-0.4, -0.2) is 22.6 Å². The SMILES string of the molecule is Cc1ccccc1-c1nc(C(=O)O)c(CCN)s1. The lowest BCUT2D eigenvalue weighted by Crippen LogP contribution is -2.06. The molecule has 0 aliphatic heterocycles. The third kappa shape index (κ3) is 2.42. The van der Waals surface area contributed by atoms with Crippen molar-refractivity contribution >= 4 is 17.3 Å². The van der Waals surface area contributed by atoms with E-state index in [0.717, 1.165) is 21.0 Å². The predicted molar refractivity (Wildman–Crippen MR) is 72.0 cm³/mol. The lowest BCUT2D eigenvalue weighted by molar-refractivity contribution is 0.0690. The summed E-state index contributed by atoms with van der Waals surface area (Å²) in [5, 5.41) is 9.87. The lowest BCUT2D eigenvalue weighted by Gasteiger charge is -1.99. The summed E-state index contributed by atoms with van der Waals surface area (Å²) in [7, 11) is 0. The number of aromatic carboxylic acids is 1. The van der Waals surface area contributed by atoms with Crippen LogP contribution in [0.5, 0.6) is 0 Å². The fraction of sp³-hybridized carbons (Fsp3) is 0.231. The molecule has 94 valence electrons. The van der Waals surface area contributed by atoms with E-state index in [2.05, 4.69) is 4.98 Å². The Kier molecular flexibility index (Phi) is 3.74. The second-order valence-electron chi connectivity index (χ2n) is 3.95. The highest BCUT2D eigenvalue weighted by atomic mass is 32.1. The number of carboxylic acid groups (broad SMARTS) is 1. The van der Waals surface area contributed by atoms with E-state index in [1.807, 2.05) is 31.2 Å². The van der Waals surface area contributed by atoms with Gasteiger partial charge in [0, 0.05) is 10.4 Å². The van der Waals surface area contributed by atoms with Crippen molar-refractivity contribution in [2.24, 2.45) is 5.73 Å². The molecule has 0 spiro atoms. The van der Waals surface area contributed by atoms with Crippen molar-refractivity contribution in [2.75, 3.05) is 6.54 Å². The Morgan fingerprint density at radius 1 is 1.44 bits per heavy atom. The molecule has 5 heteroatoms. The molecule has 2 aromatic rings. The maximum Gasteiger partial charge on any atom is 0.355 e. The van der Waals surface area contributed by atoms with Gasteiger partial charge in [-0.1, -0.05) is 24.3 Å². The zero-order chi connectivity index (χ0) is 13.1. The van der Waals surface area contributed by atoms with E-state index in [0.29, 0.717) is 13.0 Å². The number of thiazole rings is 1. The van der Waals surface area contributed by atoms with Gasteiger partial charge in [0.2, 0.25) is 0 Å². The average molecular weight is 262 g/mol. The minimum absolute atomic E-state index is 0.128. The van der Waals surface area contributed by atoms with Gasteiger partial charge >= 0.3 is 5.97 Å². The Balaban J connectivity index is 2.50. The summed E-state index contributed by atoms with van der Waals surface area (Å²) >= 11 is 1.41. The second-order valence-corrected chi connectivity index (χ2v) is 5.03. The number of carbonyl (C=O) groups is 1. The van der Waals surface area contributed by atoms with Gasteiger partial charge in [-0.15, -0.1) is 11.3 Å². The normalized spacial score (nSPS) is 10.6.